The van der Waals surface area contributed by atoms with Crippen LogP contribution < -0.4 is 0 Å². The van der Waals surface area contributed by atoms with Crippen molar-refractivity contribution in [1.29, 1.82) is 5.26 Å². The Morgan fingerprint density at radius 3 is 2.71 bits per heavy atom. The molecule has 90 valence electrons. The number of hydrogen-bond donors (Lipinski definition) is 0. The van der Waals surface area contributed by atoms with Gasteiger partial charge in [0.15, 0.2) is 5.69 Å². The predicted molar refractivity (Wildman–Crippen MR) is 64.2 cm³/mol. The van der Waals surface area contributed by atoms with Crippen LogP contribution in [-0.2, 0) is 13.1 Å². The molecule has 17 heavy (non-hydrogen) atoms. The first-order valence-electron chi connectivity index (χ1n) is 6.48. The molecule has 0 bridgehead atoms. The van der Waals surface area contributed by atoms with Crippen molar-refractivity contribution in [1.82, 2.24) is 14.7 Å². The molecule has 1 aromatic heterocycles. The number of nitriles is 1. The average Bonchev–Trinajstić information content (AvgIpc) is 2.87. The van der Waals surface area contributed by atoms with Gasteiger partial charge in [-0.1, -0.05) is 19.3 Å². The molecule has 1 aliphatic carbocycles. The minimum atomic E-state index is 0.533. The van der Waals surface area contributed by atoms with E-state index >= 15 is 0 Å². The first kappa shape index (κ1) is 10.8. The molecule has 0 aromatic carbocycles. The predicted octanol–water partition coefficient (Wildman–Crippen LogP) is 2.21. The van der Waals surface area contributed by atoms with Crippen LogP contribution in [0.4, 0.5) is 0 Å². The molecule has 0 atom stereocenters. The smallest absolute Gasteiger partial charge is 0.167 e. The summed E-state index contributed by atoms with van der Waals surface area (Å²) in [7, 11) is 2.10. The van der Waals surface area contributed by atoms with Gasteiger partial charge in [-0.3, -0.25) is 9.58 Å². The lowest BCUT2D eigenvalue weighted by Gasteiger charge is -2.23. The number of aromatic nitrogens is 2. The molecule has 1 fully saturated rings. The summed E-state index contributed by atoms with van der Waals surface area (Å²) < 4.78 is 2.16. The molecule has 1 aromatic rings. The lowest BCUT2D eigenvalue weighted by Crippen LogP contribution is -2.18. The highest BCUT2D eigenvalue weighted by Gasteiger charge is 2.29. The van der Waals surface area contributed by atoms with E-state index in [9.17, 15) is 0 Å². The van der Waals surface area contributed by atoms with Crippen molar-refractivity contribution in [3.8, 4) is 6.07 Å². The van der Waals surface area contributed by atoms with Crippen molar-refractivity contribution in [2.45, 2.75) is 51.2 Å². The quantitative estimate of drug-likeness (QED) is 0.743. The zero-order chi connectivity index (χ0) is 11.8. The maximum atomic E-state index is 9.16. The molecule has 4 nitrogen and oxygen atoms in total. The van der Waals surface area contributed by atoms with E-state index in [1.165, 1.54) is 43.4 Å². The van der Waals surface area contributed by atoms with Crippen molar-refractivity contribution in [3.63, 3.8) is 0 Å². The molecule has 0 amide bonds. The molecule has 1 aliphatic heterocycles. The minimum Gasteiger partial charge on any atom is -0.296 e. The standard InChI is InChI=1S/C13H18N4/c1-16-8-11-12(7-14)15-17(13(11)9-16)10-5-3-2-4-6-10/h10H,2-6,8-9H2,1H3. The Bertz CT molecular complexity index is 462. The first-order chi connectivity index (χ1) is 8.29. The van der Waals surface area contributed by atoms with E-state index in [-0.39, 0.29) is 0 Å². The number of rotatable bonds is 1. The van der Waals surface area contributed by atoms with Gasteiger partial charge in [0.2, 0.25) is 0 Å². The maximum absolute atomic E-state index is 9.16. The summed E-state index contributed by atoms with van der Waals surface area (Å²) >= 11 is 0. The highest BCUT2D eigenvalue weighted by atomic mass is 15.3. The molecule has 2 aliphatic rings. The van der Waals surface area contributed by atoms with Gasteiger partial charge in [0.25, 0.3) is 0 Å². The molecule has 0 spiro atoms. The summed E-state index contributed by atoms with van der Waals surface area (Å²) in [4.78, 5) is 2.26. The van der Waals surface area contributed by atoms with Crippen LogP contribution >= 0.6 is 0 Å². The fourth-order valence-electron chi connectivity index (χ4n) is 3.14. The van der Waals surface area contributed by atoms with E-state index in [0.29, 0.717) is 11.7 Å². The zero-order valence-corrected chi connectivity index (χ0v) is 10.3. The second-order valence-electron chi connectivity index (χ2n) is 5.29. The van der Waals surface area contributed by atoms with E-state index in [0.717, 1.165) is 13.1 Å². The van der Waals surface area contributed by atoms with Crippen molar-refractivity contribution in [2.24, 2.45) is 0 Å². The largest absolute Gasteiger partial charge is 0.296 e. The second-order valence-corrected chi connectivity index (χ2v) is 5.29. The fraction of sp³-hybridized carbons (Fsp3) is 0.692. The van der Waals surface area contributed by atoms with E-state index in [1.54, 1.807) is 0 Å². The SMILES string of the molecule is CN1Cc2c(C#N)nn(C3CCCCC3)c2C1. The van der Waals surface area contributed by atoms with Gasteiger partial charge in [-0.25, -0.2) is 0 Å². The third-order valence-electron chi connectivity index (χ3n) is 3.99. The number of fused-ring (bicyclic) bond motifs is 1. The molecule has 3 rings (SSSR count). The number of nitrogens with zero attached hydrogens (tertiary/aromatic N) is 4. The zero-order valence-electron chi connectivity index (χ0n) is 10.3. The summed E-state index contributed by atoms with van der Waals surface area (Å²) in [6, 6.07) is 2.78. The molecule has 0 N–H and O–H groups in total. The highest BCUT2D eigenvalue weighted by Crippen LogP contribution is 2.33. The van der Waals surface area contributed by atoms with Crippen molar-refractivity contribution in [2.75, 3.05) is 7.05 Å². The lowest BCUT2D eigenvalue weighted by atomic mass is 9.95. The maximum Gasteiger partial charge on any atom is 0.167 e. The first-order valence-corrected chi connectivity index (χ1v) is 6.48. The Labute approximate surface area is 102 Å². The fourth-order valence-corrected chi connectivity index (χ4v) is 3.14. The van der Waals surface area contributed by atoms with Crippen LogP contribution in [0.5, 0.6) is 0 Å². The summed E-state index contributed by atoms with van der Waals surface area (Å²) in [5.74, 6) is 0. The summed E-state index contributed by atoms with van der Waals surface area (Å²) in [6.07, 6.45) is 6.41. The van der Waals surface area contributed by atoms with E-state index < -0.39 is 0 Å². The normalized spacial score (nSPS) is 21.4. The van der Waals surface area contributed by atoms with Gasteiger partial charge in [-0.2, -0.15) is 10.4 Å². The Morgan fingerprint density at radius 2 is 2.00 bits per heavy atom. The molecular formula is C13H18N4. The highest BCUT2D eigenvalue weighted by molar-refractivity contribution is 5.37. The Balaban J connectivity index is 1.98. The van der Waals surface area contributed by atoms with Gasteiger partial charge in [0.1, 0.15) is 6.07 Å². The summed E-state index contributed by atoms with van der Waals surface area (Å²) in [5.41, 5.74) is 3.10. The van der Waals surface area contributed by atoms with Crippen molar-refractivity contribution >= 4 is 0 Å². The van der Waals surface area contributed by atoms with Gasteiger partial charge in [-0.15, -0.1) is 0 Å². The third-order valence-corrected chi connectivity index (χ3v) is 3.99. The van der Waals surface area contributed by atoms with Gasteiger partial charge in [0.05, 0.1) is 11.7 Å². The molecule has 0 unspecified atom stereocenters. The third kappa shape index (κ3) is 1.75. The van der Waals surface area contributed by atoms with Crippen LogP contribution in [-0.4, -0.2) is 21.7 Å². The molecular weight excluding hydrogens is 212 g/mol. The van der Waals surface area contributed by atoms with Crippen LogP contribution in [0.1, 0.15) is 55.1 Å². The lowest BCUT2D eigenvalue weighted by molar-refractivity contribution is 0.298. The topological polar surface area (TPSA) is 44.9 Å². The summed E-state index contributed by atoms with van der Waals surface area (Å²) in [6.45, 7) is 1.82. The van der Waals surface area contributed by atoms with Crippen LogP contribution in [0.3, 0.4) is 0 Å². The Morgan fingerprint density at radius 1 is 1.24 bits per heavy atom. The van der Waals surface area contributed by atoms with Gasteiger partial charge in [-0.05, 0) is 19.9 Å². The van der Waals surface area contributed by atoms with Crippen LogP contribution in [0.2, 0.25) is 0 Å². The van der Waals surface area contributed by atoms with Gasteiger partial charge < -0.3 is 0 Å². The van der Waals surface area contributed by atoms with E-state index in [4.69, 9.17) is 5.26 Å². The molecule has 2 heterocycles. The van der Waals surface area contributed by atoms with E-state index in [1.807, 2.05) is 0 Å². The van der Waals surface area contributed by atoms with Crippen LogP contribution in [0, 0.1) is 11.3 Å². The summed E-state index contributed by atoms with van der Waals surface area (Å²) in [5, 5.41) is 13.7. The van der Waals surface area contributed by atoms with E-state index in [2.05, 4.69) is 27.8 Å². The second kappa shape index (κ2) is 4.15. The van der Waals surface area contributed by atoms with Gasteiger partial charge >= 0.3 is 0 Å². The Hall–Kier alpha value is -1.34. The molecule has 0 saturated heterocycles. The van der Waals surface area contributed by atoms with Crippen LogP contribution in [0.15, 0.2) is 0 Å². The Kier molecular flexibility index (Phi) is 2.64. The monoisotopic (exact) mass is 230 g/mol. The van der Waals surface area contributed by atoms with Crippen molar-refractivity contribution < 1.29 is 0 Å². The molecule has 4 heteroatoms. The number of hydrogen-bond acceptors (Lipinski definition) is 3. The molecule has 0 radical (unpaired) electrons. The minimum absolute atomic E-state index is 0.533. The molecule has 1 saturated carbocycles. The average molecular weight is 230 g/mol. The van der Waals surface area contributed by atoms with Crippen LogP contribution in [0.25, 0.3) is 0 Å². The van der Waals surface area contributed by atoms with Gasteiger partial charge in [0, 0.05) is 18.7 Å². The van der Waals surface area contributed by atoms with Crippen molar-refractivity contribution in [3.05, 3.63) is 17.0 Å².